The second kappa shape index (κ2) is 15.4. The Morgan fingerprint density at radius 2 is 0.814 bits per heavy atom. The van der Waals surface area contributed by atoms with Crippen molar-refractivity contribution in [3.8, 4) is 34.0 Å². The molecule has 0 unspecified atom stereocenters. The van der Waals surface area contributed by atoms with Crippen LogP contribution in [0, 0.1) is 11.3 Å². The highest BCUT2D eigenvalue weighted by Gasteiger charge is 2.27. The molecule has 0 saturated carbocycles. The van der Waals surface area contributed by atoms with Crippen LogP contribution in [0.3, 0.4) is 0 Å². The summed E-state index contributed by atoms with van der Waals surface area (Å²) in [7, 11) is 0. The molecule has 0 spiro atoms. The van der Waals surface area contributed by atoms with Gasteiger partial charge in [-0.3, -0.25) is 4.98 Å². The van der Waals surface area contributed by atoms with E-state index in [2.05, 4.69) is 220 Å². The molecule has 278 valence electrons. The van der Waals surface area contributed by atoms with Crippen LogP contribution >= 0.6 is 0 Å². The maximum absolute atomic E-state index is 11.0. The van der Waals surface area contributed by atoms with Gasteiger partial charge >= 0.3 is 0 Å². The molecule has 8 aromatic carbocycles. The van der Waals surface area contributed by atoms with Crippen molar-refractivity contribution in [2.75, 3.05) is 9.80 Å². The van der Waals surface area contributed by atoms with Crippen LogP contribution in [-0.4, -0.2) is 9.55 Å². The largest absolute Gasteiger partial charge is 0.308 e. The van der Waals surface area contributed by atoms with Gasteiger partial charge in [0.05, 0.1) is 39.7 Å². The highest BCUT2D eigenvalue weighted by atomic mass is 15.2. The minimum Gasteiger partial charge on any atom is -0.308 e. The van der Waals surface area contributed by atoms with Gasteiger partial charge in [-0.2, -0.15) is 5.26 Å². The van der Waals surface area contributed by atoms with E-state index < -0.39 is 0 Å². The van der Waals surface area contributed by atoms with Crippen molar-refractivity contribution in [2.24, 2.45) is 0 Å². The zero-order valence-electron chi connectivity index (χ0n) is 32.1. The Morgan fingerprint density at radius 1 is 0.407 bits per heavy atom. The van der Waals surface area contributed by atoms with Crippen molar-refractivity contribution in [2.45, 2.75) is 0 Å². The summed E-state index contributed by atoms with van der Waals surface area (Å²) in [5.74, 6) is 0. The second-order valence-electron chi connectivity index (χ2n) is 14.3. The average molecular weight is 756 g/mol. The van der Waals surface area contributed by atoms with Crippen LogP contribution in [0.5, 0.6) is 0 Å². The van der Waals surface area contributed by atoms with Gasteiger partial charge in [-0.05, 0) is 96.1 Å². The molecule has 0 atom stereocenters. The minimum atomic E-state index is 0.571. The third kappa shape index (κ3) is 6.36. The Morgan fingerprint density at radius 3 is 1.24 bits per heavy atom. The lowest BCUT2D eigenvalue weighted by Gasteiger charge is -2.29. The number of benzene rings is 8. The number of fused-ring (bicyclic) bond motifs is 3. The summed E-state index contributed by atoms with van der Waals surface area (Å²) in [6.07, 6.45) is 3.56. The quantitative estimate of drug-likeness (QED) is 0.147. The SMILES string of the molecule is N#Cc1cc(-n2c3c(N(c4ccccc4)c4ccccc4)cccc3c3cccc(N(c4ccccc4)c4ccccc4)c32)c(-c2ccccc2)cc1-c1ccncc1. The molecule has 5 heteroatoms. The molecule has 5 nitrogen and oxygen atoms in total. The fraction of sp³-hybridized carbons (Fsp3) is 0. The highest BCUT2D eigenvalue weighted by molar-refractivity contribution is 6.18. The fourth-order valence-corrected chi connectivity index (χ4v) is 8.33. The molecule has 0 saturated heterocycles. The summed E-state index contributed by atoms with van der Waals surface area (Å²) in [5.41, 5.74) is 13.5. The fourth-order valence-electron chi connectivity index (χ4n) is 8.33. The molecule has 2 aromatic heterocycles. The molecule has 0 aliphatic rings. The van der Waals surface area contributed by atoms with Crippen LogP contribution in [0.4, 0.5) is 34.1 Å². The molecule has 0 N–H and O–H groups in total. The summed E-state index contributed by atoms with van der Waals surface area (Å²) in [6, 6.07) is 76.6. The molecule has 59 heavy (non-hydrogen) atoms. The van der Waals surface area contributed by atoms with Crippen LogP contribution in [0.1, 0.15) is 5.56 Å². The van der Waals surface area contributed by atoms with Crippen molar-refractivity contribution in [1.29, 1.82) is 5.26 Å². The van der Waals surface area contributed by atoms with Crippen LogP contribution in [0.15, 0.2) is 225 Å². The first kappa shape index (κ1) is 35.2. The van der Waals surface area contributed by atoms with E-state index in [0.29, 0.717) is 5.56 Å². The van der Waals surface area contributed by atoms with Crippen molar-refractivity contribution >= 4 is 55.9 Å². The maximum Gasteiger partial charge on any atom is 0.0998 e. The molecular formula is C54H37N5. The topological polar surface area (TPSA) is 48.1 Å². The summed E-state index contributed by atoms with van der Waals surface area (Å²) >= 11 is 0. The molecule has 10 rings (SSSR count). The van der Waals surface area contributed by atoms with Crippen LogP contribution in [0.25, 0.3) is 49.7 Å². The number of nitriles is 1. The van der Waals surface area contributed by atoms with E-state index in [1.807, 2.05) is 18.2 Å². The Kier molecular flexibility index (Phi) is 9.19. The highest BCUT2D eigenvalue weighted by Crippen LogP contribution is 2.49. The van der Waals surface area contributed by atoms with E-state index in [1.54, 1.807) is 12.4 Å². The van der Waals surface area contributed by atoms with Crippen molar-refractivity contribution < 1.29 is 0 Å². The first-order valence-corrected chi connectivity index (χ1v) is 19.7. The molecule has 0 bridgehead atoms. The predicted molar refractivity (Wildman–Crippen MR) is 244 cm³/mol. The standard InChI is InChI=1S/C54H37N5/c55-38-41-36-52(49(39-18-6-1-7-19-39)37-48(41)40-32-34-56-35-33-40)59-53-46(28-16-30-50(53)57(42-20-8-2-9-21-42)43-22-10-3-11-23-43)47-29-17-31-51(54(47)59)58(44-24-12-4-13-25-44)45-26-14-5-15-27-45/h1-37H. The van der Waals surface area contributed by atoms with Gasteiger partial charge < -0.3 is 14.4 Å². The number of para-hydroxylation sites is 6. The summed E-state index contributed by atoms with van der Waals surface area (Å²) in [6.45, 7) is 0. The monoisotopic (exact) mass is 755 g/mol. The van der Waals surface area contributed by atoms with Gasteiger partial charge in [-0.1, -0.05) is 127 Å². The summed E-state index contributed by atoms with van der Waals surface area (Å²) < 4.78 is 2.41. The third-order valence-electron chi connectivity index (χ3n) is 10.9. The van der Waals surface area contributed by atoms with Crippen molar-refractivity contribution in [3.05, 3.63) is 230 Å². The number of hydrogen-bond donors (Lipinski definition) is 0. The molecule has 0 aliphatic carbocycles. The smallest absolute Gasteiger partial charge is 0.0998 e. The third-order valence-corrected chi connectivity index (χ3v) is 10.9. The normalized spacial score (nSPS) is 11.0. The predicted octanol–water partition coefficient (Wildman–Crippen LogP) is 14.3. The molecule has 0 radical (unpaired) electrons. The van der Waals surface area contributed by atoms with Gasteiger partial charge in [0, 0.05) is 57.0 Å². The van der Waals surface area contributed by atoms with Gasteiger partial charge in [0.15, 0.2) is 0 Å². The number of aromatic nitrogens is 2. The lowest BCUT2D eigenvalue weighted by atomic mass is 9.93. The van der Waals surface area contributed by atoms with Crippen LogP contribution in [0.2, 0.25) is 0 Å². The van der Waals surface area contributed by atoms with Gasteiger partial charge in [-0.25, -0.2) is 0 Å². The number of hydrogen-bond acceptors (Lipinski definition) is 4. The maximum atomic E-state index is 11.0. The van der Waals surface area contributed by atoms with Crippen molar-refractivity contribution in [1.82, 2.24) is 9.55 Å². The Balaban J connectivity index is 1.40. The zero-order valence-corrected chi connectivity index (χ0v) is 32.1. The minimum absolute atomic E-state index is 0.571. The van der Waals surface area contributed by atoms with Gasteiger partial charge in [0.25, 0.3) is 0 Å². The van der Waals surface area contributed by atoms with E-state index in [4.69, 9.17) is 0 Å². The zero-order chi connectivity index (χ0) is 39.5. The Bertz CT molecular complexity index is 2870. The van der Waals surface area contributed by atoms with E-state index in [9.17, 15) is 5.26 Å². The number of anilines is 6. The van der Waals surface area contributed by atoms with E-state index in [0.717, 1.165) is 83.9 Å². The lowest BCUT2D eigenvalue weighted by Crippen LogP contribution is -2.13. The Labute approximate surface area is 343 Å². The van der Waals surface area contributed by atoms with Crippen LogP contribution < -0.4 is 9.80 Å². The number of pyridine rings is 1. The molecule has 2 heterocycles. The van der Waals surface area contributed by atoms with E-state index >= 15 is 0 Å². The van der Waals surface area contributed by atoms with E-state index in [-0.39, 0.29) is 0 Å². The molecule has 0 aliphatic heterocycles. The average Bonchev–Trinajstić information content (AvgIpc) is 3.66. The molecule has 0 amide bonds. The first-order chi connectivity index (χ1) is 29.3. The second-order valence-corrected chi connectivity index (χ2v) is 14.3. The first-order valence-electron chi connectivity index (χ1n) is 19.7. The van der Waals surface area contributed by atoms with Crippen LogP contribution in [-0.2, 0) is 0 Å². The Hall–Kier alpha value is -8.20. The molecule has 0 fully saturated rings. The number of rotatable bonds is 9. The lowest BCUT2D eigenvalue weighted by molar-refractivity contribution is 1.15. The van der Waals surface area contributed by atoms with Crippen molar-refractivity contribution in [3.63, 3.8) is 0 Å². The number of nitrogens with zero attached hydrogens (tertiary/aromatic N) is 5. The van der Waals surface area contributed by atoms with Gasteiger partial charge in [-0.15, -0.1) is 0 Å². The van der Waals surface area contributed by atoms with Gasteiger partial charge in [0.1, 0.15) is 0 Å². The molecular weight excluding hydrogens is 719 g/mol. The molecule has 10 aromatic rings. The van der Waals surface area contributed by atoms with E-state index in [1.165, 1.54) is 0 Å². The summed E-state index contributed by atoms with van der Waals surface area (Å²) in [5, 5.41) is 13.2. The summed E-state index contributed by atoms with van der Waals surface area (Å²) in [4.78, 5) is 8.96. The van der Waals surface area contributed by atoms with Gasteiger partial charge in [0.2, 0.25) is 0 Å².